The first-order chi connectivity index (χ1) is 6.61. The van der Waals surface area contributed by atoms with Crippen LogP contribution in [0.15, 0.2) is 0 Å². The van der Waals surface area contributed by atoms with E-state index >= 15 is 0 Å². The van der Waals surface area contributed by atoms with Crippen molar-refractivity contribution in [1.82, 2.24) is 5.32 Å². The van der Waals surface area contributed by atoms with Gasteiger partial charge in [0.25, 0.3) is 10.1 Å². The molecule has 0 aliphatic rings. The Hall–Kier alpha value is -1.39. The predicted molar refractivity (Wildman–Crippen MR) is 47.0 cm³/mol. The number of hydrogen-bond donors (Lipinski definition) is 5. The van der Waals surface area contributed by atoms with Crippen molar-refractivity contribution in [3.05, 3.63) is 0 Å². The first-order valence-electron chi connectivity index (χ1n) is 3.48. The fourth-order valence-electron chi connectivity index (χ4n) is 0.302. The van der Waals surface area contributed by atoms with Gasteiger partial charge in [-0.1, -0.05) is 6.92 Å². The number of carboxylic acid groups (broad SMARTS) is 2. The minimum atomic E-state index is -4.20. The van der Waals surface area contributed by atoms with Crippen LogP contribution in [0.4, 0.5) is 9.59 Å². The van der Waals surface area contributed by atoms with Gasteiger partial charge in [0, 0.05) is 0 Å². The zero-order chi connectivity index (χ0) is 12.6. The molecule has 0 aliphatic heterocycles. The van der Waals surface area contributed by atoms with E-state index in [1.165, 1.54) is 6.92 Å². The lowest BCUT2D eigenvalue weighted by Gasteiger charge is -1.99. The molecule has 90 valence electrons. The van der Waals surface area contributed by atoms with Gasteiger partial charge in [-0.2, -0.15) is 8.42 Å². The van der Waals surface area contributed by atoms with E-state index < -0.39 is 27.7 Å². The Morgan fingerprint density at radius 2 is 1.60 bits per heavy atom. The summed E-state index contributed by atoms with van der Waals surface area (Å²) in [7, 11) is -4.20. The monoisotopic (exact) mass is 245 g/mol. The van der Waals surface area contributed by atoms with Crippen LogP contribution in [0.25, 0.3) is 0 Å². The minimum Gasteiger partial charge on any atom is -0.465 e. The molecule has 15 heavy (non-hydrogen) atoms. The Labute approximate surface area is 85.1 Å². The maximum Gasteiger partial charge on any atom is 0.414 e. The van der Waals surface area contributed by atoms with Crippen LogP contribution in [0.5, 0.6) is 0 Å². The molecule has 0 fully saturated rings. The highest BCUT2D eigenvalue weighted by atomic mass is 32.2. The second kappa shape index (κ2) is 6.98. The average molecular weight is 245 g/mol. The van der Waals surface area contributed by atoms with Gasteiger partial charge in [-0.25, -0.2) is 14.9 Å². The lowest BCUT2D eigenvalue weighted by molar-refractivity contribution is 0.174. The van der Waals surface area contributed by atoms with E-state index in [4.69, 9.17) is 19.9 Å². The van der Waals surface area contributed by atoms with Crippen LogP contribution < -0.4 is 5.32 Å². The minimum absolute atomic E-state index is 0.0127. The van der Waals surface area contributed by atoms with Crippen LogP contribution in [0.2, 0.25) is 0 Å². The van der Waals surface area contributed by atoms with Crippen molar-refractivity contribution in [1.29, 1.82) is 0 Å². The van der Waals surface area contributed by atoms with Gasteiger partial charge in [-0.05, 0) is 6.42 Å². The number of aliphatic hydroxyl groups is 1. The highest BCUT2D eigenvalue weighted by Gasteiger charge is 2.15. The van der Waals surface area contributed by atoms with E-state index in [1.54, 1.807) is 0 Å². The Morgan fingerprint density at radius 1 is 1.27 bits per heavy atom. The summed E-state index contributed by atoms with van der Waals surface area (Å²) in [5.41, 5.74) is -1.62. The zero-order valence-electron chi connectivity index (χ0n) is 7.61. The maximum absolute atomic E-state index is 9.87. The first kappa shape index (κ1) is 16.1. The van der Waals surface area contributed by atoms with Crippen molar-refractivity contribution in [3.8, 4) is 0 Å². The molecule has 0 saturated carbocycles. The third-order valence-electron chi connectivity index (χ3n) is 0.907. The molecule has 10 heteroatoms. The number of rotatable bonds is 2. The summed E-state index contributed by atoms with van der Waals surface area (Å²) in [6.45, 7) is 1.46. The van der Waals surface area contributed by atoms with Gasteiger partial charge in [0.1, 0.15) is 0 Å². The van der Waals surface area contributed by atoms with Gasteiger partial charge in [0.05, 0.1) is 0 Å². The van der Waals surface area contributed by atoms with Crippen LogP contribution in [-0.2, 0) is 10.1 Å². The SMILES string of the molecule is CCC(O)S(=O)(=O)O.O=C(O)NC(=O)O. The first-order valence-corrected chi connectivity index (χ1v) is 4.98. The third-order valence-corrected chi connectivity index (χ3v) is 1.93. The molecule has 0 aromatic heterocycles. The molecular weight excluding hydrogens is 234 g/mol. The Bertz CT molecular complexity index is 297. The predicted octanol–water partition coefficient (Wildman–Crippen LogP) is -0.465. The van der Waals surface area contributed by atoms with Crippen molar-refractivity contribution in [2.45, 2.75) is 18.8 Å². The smallest absolute Gasteiger partial charge is 0.414 e. The fourth-order valence-corrected chi connectivity index (χ4v) is 0.723. The maximum atomic E-state index is 9.87. The van der Waals surface area contributed by atoms with E-state index in [0.717, 1.165) is 5.32 Å². The summed E-state index contributed by atoms with van der Waals surface area (Å²) in [4.78, 5) is 18.6. The second-order valence-electron chi connectivity index (χ2n) is 2.11. The molecule has 0 saturated heterocycles. The molecule has 0 radical (unpaired) electrons. The van der Waals surface area contributed by atoms with Crippen LogP contribution in [0.1, 0.15) is 13.3 Å². The summed E-state index contributed by atoms with van der Waals surface area (Å²) in [6.07, 6.45) is -3.11. The van der Waals surface area contributed by atoms with Crippen molar-refractivity contribution in [3.63, 3.8) is 0 Å². The molecule has 0 heterocycles. The van der Waals surface area contributed by atoms with E-state index in [0.29, 0.717) is 0 Å². The van der Waals surface area contributed by atoms with E-state index in [2.05, 4.69) is 0 Å². The summed E-state index contributed by atoms with van der Waals surface area (Å²) < 4.78 is 27.7. The molecule has 2 amide bonds. The molecule has 0 rings (SSSR count). The number of carbonyl (C=O) groups is 2. The van der Waals surface area contributed by atoms with Gasteiger partial charge in [0.15, 0.2) is 5.44 Å². The van der Waals surface area contributed by atoms with Gasteiger partial charge < -0.3 is 15.3 Å². The van der Waals surface area contributed by atoms with Crippen LogP contribution in [0.3, 0.4) is 0 Å². The molecule has 0 aliphatic carbocycles. The topological polar surface area (TPSA) is 161 Å². The second-order valence-corrected chi connectivity index (χ2v) is 3.69. The van der Waals surface area contributed by atoms with E-state index in [-0.39, 0.29) is 6.42 Å². The summed E-state index contributed by atoms with van der Waals surface area (Å²) in [5, 5.41) is 24.7. The summed E-state index contributed by atoms with van der Waals surface area (Å²) in [6, 6.07) is 0. The average Bonchev–Trinajstić information content (AvgIpc) is 1.99. The number of amides is 2. The number of imide groups is 1. The van der Waals surface area contributed by atoms with Crippen LogP contribution in [0, 0.1) is 0 Å². The van der Waals surface area contributed by atoms with Crippen molar-refractivity contribution < 1.29 is 37.9 Å². The molecule has 5 N–H and O–H groups in total. The molecular formula is C5H11NO8S. The van der Waals surface area contributed by atoms with E-state index in [1.807, 2.05) is 0 Å². The molecule has 0 aromatic rings. The molecule has 1 unspecified atom stereocenters. The van der Waals surface area contributed by atoms with Crippen LogP contribution in [-0.4, -0.2) is 45.9 Å². The molecule has 1 atom stereocenters. The summed E-state index contributed by atoms with van der Waals surface area (Å²) >= 11 is 0. The highest BCUT2D eigenvalue weighted by Crippen LogP contribution is 1.96. The third kappa shape index (κ3) is 12.6. The largest absolute Gasteiger partial charge is 0.465 e. The highest BCUT2D eigenvalue weighted by molar-refractivity contribution is 7.86. The van der Waals surface area contributed by atoms with Crippen LogP contribution >= 0.6 is 0 Å². The molecule has 9 nitrogen and oxygen atoms in total. The quantitative estimate of drug-likeness (QED) is 0.408. The zero-order valence-corrected chi connectivity index (χ0v) is 8.43. The fraction of sp³-hybridized carbons (Fsp3) is 0.600. The molecule has 0 spiro atoms. The standard InChI is InChI=1S/C3H8O4S.C2H3NO4/c1-2-3(4)8(5,6)7;4-1(5)3-2(6)7/h3-4H,2H2,1H3,(H,5,6,7);3H,(H,4,5)(H,6,7). The van der Waals surface area contributed by atoms with Gasteiger partial charge in [-0.3, -0.25) is 4.55 Å². The molecule has 0 aromatic carbocycles. The number of aliphatic hydroxyl groups excluding tert-OH is 1. The van der Waals surface area contributed by atoms with Crippen molar-refractivity contribution in [2.24, 2.45) is 0 Å². The molecule has 0 bridgehead atoms. The Balaban J connectivity index is 0. The number of nitrogens with one attached hydrogen (secondary N) is 1. The van der Waals surface area contributed by atoms with Gasteiger partial charge in [0.2, 0.25) is 0 Å². The summed E-state index contributed by atoms with van der Waals surface area (Å²) in [5.74, 6) is 0. The van der Waals surface area contributed by atoms with Gasteiger partial charge >= 0.3 is 12.2 Å². The normalized spacial score (nSPS) is 11.9. The lowest BCUT2D eigenvalue weighted by atomic mass is 10.5. The van der Waals surface area contributed by atoms with Crippen molar-refractivity contribution in [2.75, 3.05) is 0 Å². The lowest BCUT2D eigenvalue weighted by Crippen LogP contribution is -2.26. The van der Waals surface area contributed by atoms with Gasteiger partial charge in [-0.15, -0.1) is 0 Å². The number of hydrogen-bond acceptors (Lipinski definition) is 5. The van der Waals surface area contributed by atoms with E-state index in [9.17, 15) is 18.0 Å². The van der Waals surface area contributed by atoms with Crippen molar-refractivity contribution >= 4 is 22.3 Å². The Kier molecular flexibility index (Phi) is 7.47. The Morgan fingerprint density at radius 3 is 1.60 bits per heavy atom.